The summed E-state index contributed by atoms with van der Waals surface area (Å²) in [5, 5.41) is 0. The number of anilines is 1. The predicted octanol–water partition coefficient (Wildman–Crippen LogP) is 0.425. The second-order valence-corrected chi connectivity index (χ2v) is 4.65. The van der Waals surface area contributed by atoms with Crippen LogP contribution in [-0.2, 0) is 16.1 Å². The first-order chi connectivity index (χ1) is 10.0. The first-order valence-electron chi connectivity index (χ1n) is 6.42. The van der Waals surface area contributed by atoms with Crippen molar-refractivity contribution in [3.05, 3.63) is 28.7 Å². The van der Waals surface area contributed by atoms with Crippen LogP contribution in [0.15, 0.2) is 27.4 Å². The summed E-state index contributed by atoms with van der Waals surface area (Å²) in [5.74, 6) is -1.15. The van der Waals surface area contributed by atoms with E-state index < -0.39 is 23.9 Å². The maximum atomic E-state index is 11.8. The van der Waals surface area contributed by atoms with Gasteiger partial charge in [-0.1, -0.05) is 0 Å². The van der Waals surface area contributed by atoms with E-state index in [0.29, 0.717) is 23.3 Å². The van der Waals surface area contributed by atoms with Crippen LogP contribution in [0, 0.1) is 0 Å². The highest BCUT2D eigenvalue weighted by Crippen LogP contribution is 2.25. The SMILES string of the molecule is CCn1c(=O)oc2cc(N3C[C@H](C(N)=O)OC3=O)ccc21. The van der Waals surface area contributed by atoms with E-state index in [2.05, 4.69) is 0 Å². The first kappa shape index (κ1) is 13.2. The topological polar surface area (TPSA) is 108 Å². The first-order valence-corrected chi connectivity index (χ1v) is 6.42. The van der Waals surface area contributed by atoms with E-state index in [1.54, 1.807) is 18.2 Å². The molecular weight excluding hydrogens is 278 g/mol. The van der Waals surface area contributed by atoms with Gasteiger partial charge in [-0.15, -0.1) is 0 Å². The lowest BCUT2D eigenvalue weighted by molar-refractivity contribution is -0.124. The Morgan fingerprint density at radius 1 is 1.43 bits per heavy atom. The normalized spacial score (nSPS) is 18.2. The molecule has 2 amide bonds. The summed E-state index contributed by atoms with van der Waals surface area (Å²) in [6, 6.07) is 4.91. The quantitative estimate of drug-likeness (QED) is 0.882. The lowest BCUT2D eigenvalue weighted by Gasteiger charge is -2.12. The van der Waals surface area contributed by atoms with E-state index >= 15 is 0 Å². The van der Waals surface area contributed by atoms with Crippen LogP contribution in [0.3, 0.4) is 0 Å². The fourth-order valence-corrected chi connectivity index (χ4v) is 2.34. The number of amides is 2. The van der Waals surface area contributed by atoms with Crippen molar-refractivity contribution in [1.29, 1.82) is 0 Å². The number of hydrogen-bond donors (Lipinski definition) is 1. The van der Waals surface area contributed by atoms with E-state index in [0.717, 1.165) is 0 Å². The minimum Gasteiger partial charge on any atom is -0.434 e. The van der Waals surface area contributed by atoms with Gasteiger partial charge in [0.25, 0.3) is 5.91 Å². The fraction of sp³-hybridized carbons (Fsp3) is 0.308. The van der Waals surface area contributed by atoms with Gasteiger partial charge in [0, 0.05) is 12.6 Å². The van der Waals surface area contributed by atoms with Gasteiger partial charge in [-0.2, -0.15) is 0 Å². The maximum absolute atomic E-state index is 11.8. The zero-order valence-corrected chi connectivity index (χ0v) is 11.2. The molecule has 0 spiro atoms. The largest absolute Gasteiger partial charge is 0.434 e. The highest BCUT2D eigenvalue weighted by molar-refractivity contribution is 5.96. The Balaban J connectivity index is 2.00. The minimum atomic E-state index is -0.972. The number of cyclic esters (lactones) is 1. The van der Waals surface area contributed by atoms with E-state index in [4.69, 9.17) is 14.9 Å². The number of carbonyl (C=O) groups excluding carboxylic acids is 2. The smallest absolute Gasteiger partial charge is 0.419 e. The number of ether oxygens (including phenoxy) is 1. The Morgan fingerprint density at radius 3 is 2.81 bits per heavy atom. The lowest BCUT2D eigenvalue weighted by Crippen LogP contribution is -2.32. The monoisotopic (exact) mass is 291 g/mol. The van der Waals surface area contributed by atoms with Gasteiger partial charge in [0.05, 0.1) is 17.7 Å². The molecule has 1 aromatic carbocycles. The summed E-state index contributed by atoms with van der Waals surface area (Å²) >= 11 is 0. The summed E-state index contributed by atoms with van der Waals surface area (Å²) in [5.41, 5.74) is 6.62. The lowest BCUT2D eigenvalue weighted by atomic mass is 10.2. The number of aryl methyl sites for hydroxylation is 1. The Morgan fingerprint density at radius 2 is 2.19 bits per heavy atom. The van der Waals surface area contributed by atoms with Crippen molar-refractivity contribution < 1.29 is 18.7 Å². The zero-order valence-electron chi connectivity index (χ0n) is 11.2. The summed E-state index contributed by atoms with van der Waals surface area (Å²) in [6.45, 7) is 2.36. The molecule has 0 unspecified atom stereocenters. The van der Waals surface area contributed by atoms with E-state index in [1.165, 1.54) is 9.47 Å². The Kier molecular flexibility index (Phi) is 2.93. The van der Waals surface area contributed by atoms with Crippen molar-refractivity contribution in [2.24, 2.45) is 5.73 Å². The van der Waals surface area contributed by atoms with Gasteiger partial charge >= 0.3 is 11.8 Å². The van der Waals surface area contributed by atoms with Crippen molar-refractivity contribution >= 4 is 28.8 Å². The number of primary amides is 1. The average Bonchev–Trinajstić information content (AvgIpc) is 2.97. The van der Waals surface area contributed by atoms with Crippen molar-refractivity contribution in [2.45, 2.75) is 19.6 Å². The molecule has 1 atom stereocenters. The van der Waals surface area contributed by atoms with E-state index in [9.17, 15) is 14.4 Å². The van der Waals surface area contributed by atoms with Crippen molar-refractivity contribution in [3.8, 4) is 0 Å². The van der Waals surface area contributed by atoms with Gasteiger partial charge in [-0.05, 0) is 19.1 Å². The van der Waals surface area contributed by atoms with Gasteiger partial charge in [0.15, 0.2) is 11.7 Å². The van der Waals surface area contributed by atoms with Gasteiger partial charge in [-0.3, -0.25) is 14.3 Å². The molecule has 0 aliphatic carbocycles. The number of nitrogens with two attached hydrogens (primary N) is 1. The molecular formula is C13H13N3O5. The highest BCUT2D eigenvalue weighted by Gasteiger charge is 2.36. The average molecular weight is 291 g/mol. The Labute approximate surface area is 118 Å². The molecule has 21 heavy (non-hydrogen) atoms. The molecule has 1 aliphatic rings. The highest BCUT2D eigenvalue weighted by atomic mass is 16.6. The summed E-state index contributed by atoms with van der Waals surface area (Å²) < 4.78 is 11.5. The van der Waals surface area contributed by atoms with Gasteiger partial charge < -0.3 is 14.9 Å². The Bertz CT molecular complexity index is 791. The van der Waals surface area contributed by atoms with E-state index in [-0.39, 0.29) is 6.54 Å². The van der Waals surface area contributed by atoms with Crippen LogP contribution in [0.5, 0.6) is 0 Å². The van der Waals surface area contributed by atoms with Gasteiger partial charge in [0.2, 0.25) is 0 Å². The van der Waals surface area contributed by atoms with Gasteiger partial charge in [0.1, 0.15) is 0 Å². The number of nitrogens with zero attached hydrogens (tertiary/aromatic N) is 2. The molecule has 0 saturated carbocycles. The molecule has 1 aromatic heterocycles. The van der Waals surface area contributed by atoms with Crippen LogP contribution < -0.4 is 16.4 Å². The predicted molar refractivity (Wildman–Crippen MR) is 73.0 cm³/mol. The molecule has 110 valence electrons. The number of carbonyl (C=O) groups is 2. The van der Waals surface area contributed by atoms with Crippen LogP contribution >= 0.6 is 0 Å². The van der Waals surface area contributed by atoms with Gasteiger partial charge in [-0.25, -0.2) is 9.59 Å². The maximum Gasteiger partial charge on any atom is 0.419 e. The number of fused-ring (bicyclic) bond motifs is 1. The molecule has 3 rings (SSSR count). The summed E-state index contributed by atoms with van der Waals surface area (Å²) in [7, 11) is 0. The number of rotatable bonds is 3. The molecule has 2 heterocycles. The molecule has 1 fully saturated rings. The van der Waals surface area contributed by atoms with Crippen LogP contribution in [0.2, 0.25) is 0 Å². The summed E-state index contributed by atoms with van der Waals surface area (Å²) in [6.07, 6.45) is -1.63. The minimum absolute atomic E-state index is 0.0401. The molecule has 1 saturated heterocycles. The molecule has 8 heteroatoms. The van der Waals surface area contributed by atoms with Crippen molar-refractivity contribution in [3.63, 3.8) is 0 Å². The second-order valence-electron chi connectivity index (χ2n) is 4.65. The molecule has 0 bridgehead atoms. The molecule has 2 aromatic rings. The van der Waals surface area contributed by atoms with Crippen LogP contribution in [0.1, 0.15) is 6.92 Å². The molecule has 0 radical (unpaired) electrons. The van der Waals surface area contributed by atoms with Crippen LogP contribution in [0.4, 0.5) is 10.5 Å². The van der Waals surface area contributed by atoms with E-state index in [1.807, 2.05) is 6.92 Å². The zero-order chi connectivity index (χ0) is 15.1. The number of oxazole rings is 1. The molecule has 8 nitrogen and oxygen atoms in total. The number of aromatic nitrogens is 1. The Hall–Kier alpha value is -2.77. The van der Waals surface area contributed by atoms with Crippen LogP contribution in [0.25, 0.3) is 11.1 Å². The molecule has 2 N–H and O–H groups in total. The second kappa shape index (κ2) is 4.65. The van der Waals surface area contributed by atoms with Crippen molar-refractivity contribution in [2.75, 3.05) is 11.4 Å². The van der Waals surface area contributed by atoms with Crippen molar-refractivity contribution in [1.82, 2.24) is 4.57 Å². The third-order valence-corrected chi connectivity index (χ3v) is 3.41. The summed E-state index contributed by atoms with van der Waals surface area (Å²) in [4.78, 5) is 35.7. The third-order valence-electron chi connectivity index (χ3n) is 3.41. The molecule has 1 aliphatic heterocycles. The standard InChI is InChI=1S/C13H13N3O5/c1-2-15-8-4-3-7(5-9(8)20-12(15)18)16-6-10(11(14)17)21-13(16)19/h3-5,10H,2,6H2,1H3,(H2,14,17)/t10-/m1/s1. The number of hydrogen-bond acceptors (Lipinski definition) is 5. The number of benzene rings is 1. The fourth-order valence-electron chi connectivity index (χ4n) is 2.34. The van der Waals surface area contributed by atoms with Crippen LogP contribution in [-0.4, -0.2) is 29.2 Å². The third kappa shape index (κ3) is 2.04.